The number of nitrogens with zero attached hydrogens (tertiary/aromatic N) is 3. The molecular formula is C9H12N4O2. The van der Waals surface area contributed by atoms with Crippen molar-refractivity contribution in [2.45, 2.75) is 12.8 Å². The fourth-order valence-electron chi connectivity index (χ4n) is 1.74. The Morgan fingerprint density at radius 1 is 1.40 bits per heavy atom. The topological polar surface area (TPSA) is 85.3 Å². The van der Waals surface area contributed by atoms with Gasteiger partial charge in [-0.2, -0.15) is 0 Å². The lowest BCUT2D eigenvalue weighted by Gasteiger charge is -2.15. The molecule has 6 nitrogen and oxygen atoms in total. The lowest BCUT2D eigenvalue weighted by molar-refractivity contribution is -0.384. The third kappa shape index (κ3) is 1.98. The van der Waals surface area contributed by atoms with Crippen LogP contribution < -0.4 is 10.6 Å². The van der Waals surface area contributed by atoms with Crippen molar-refractivity contribution in [3.8, 4) is 0 Å². The van der Waals surface area contributed by atoms with E-state index >= 15 is 0 Å². The summed E-state index contributed by atoms with van der Waals surface area (Å²) >= 11 is 0. The van der Waals surface area contributed by atoms with Crippen molar-refractivity contribution < 1.29 is 4.92 Å². The van der Waals surface area contributed by atoms with Crippen molar-refractivity contribution in [2.75, 3.05) is 23.7 Å². The number of nitro groups is 1. The zero-order valence-electron chi connectivity index (χ0n) is 8.22. The fourth-order valence-corrected chi connectivity index (χ4v) is 1.74. The highest BCUT2D eigenvalue weighted by atomic mass is 16.6. The molecule has 0 atom stereocenters. The van der Waals surface area contributed by atoms with Gasteiger partial charge in [0.25, 0.3) is 5.69 Å². The van der Waals surface area contributed by atoms with Crippen LogP contribution in [0.3, 0.4) is 0 Å². The van der Waals surface area contributed by atoms with E-state index in [1.807, 2.05) is 4.90 Å². The Labute approximate surface area is 86.9 Å². The predicted molar refractivity (Wildman–Crippen MR) is 56.8 cm³/mol. The number of hydrogen-bond donors (Lipinski definition) is 1. The molecule has 1 aliphatic heterocycles. The predicted octanol–water partition coefficient (Wildman–Crippen LogP) is 1.17. The van der Waals surface area contributed by atoms with Crippen LogP contribution in [-0.2, 0) is 0 Å². The number of rotatable bonds is 2. The zero-order chi connectivity index (χ0) is 10.8. The number of aromatic nitrogens is 1. The first-order chi connectivity index (χ1) is 7.16. The summed E-state index contributed by atoms with van der Waals surface area (Å²) in [6.45, 7) is 1.79. The van der Waals surface area contributed by atoms with E-state index in [0.717, 1.165) is 25.9 Å². The lowest BCUT2D eigenvalue weighted by atomic mass is 10.3. The number of hydrogen-bond acceptors (Lipinski definition) is 5. The third-order valence-electron chi connectivity index (χ3n) is 2.46. The van der Waals surface area contributed by atoms with E-state index in [-0.39, 0.29) is 11.5 Å². The van der Waals surface area contributed by atoms with Crippen LogP contribution >= 0.6 is 0 Å². The Balaban J connectivity index is 2.34. The van der Waals surface area contributed by atoms with Crippen LogP contribution in [-0.4, -0.2) is 23.0 Å². The van der Waals surface area contributed by atoms with E-state index in [1.165, 1.54) is 12.1 Å². The minimum absolute atomic E-state index is 0.00407. The summed E-state index contributed by atoms with van der Waals surface area (Å²) in [6, 6.07) is 2.75. The van der Waals surface area contributed by atoms with Crippen molar-refractivity contribution in [2.24, 2.45) is 0 Å². The van der Waals surface area contributed by atoms with Gasteiger partial charge < -0.3 is 10.6 Å². The molecule has 0 aliphatic carbocycles. The van der Waals surface area contributed by atoms with Crippen LogP contribution in [0.4, 0.5) is 17.3 Å². The summed E-state index contributed by atoms with van der Waals surface area (Å²) in [7, 11) is 0. The van der Waals surface area contributed by atoms with Crippen LogP contribution in [0.5, 0.6) is 0 Å². The molecule has 0 radical (unpaired) electrons. The Hall–Kier alpha value is -1.85. The van der Waals surface area contributed by atoms with Gasteiger partial charge in [0.15, 0.2) is 0 Å². The minimum Gasteiger partial charge on any atom is -0.383 e. The van der Waals surface area contributed by atoms with Crippen molar-refractivity contribution >= 4 is 17.3 Å². The first-order valence-electron chi connectivity index (χ1n) is 4.84. The molecule has 0 unspecified atom stereocenters. The first kappa shape index (κ1) is 9.70. The second-order valence-electron chi connectivity index (χ2n) is 3.56. The highest BCUT2D eigenvalue weighted by molar-refractivity contribution is 5.54. The van der Waals surface area contributed by atoms with E-state index in [4.69, 9.17) is 5.73 Å². The van der Waals surface area contributed by atoms with E-state index < -0.39 is 4.92 Å². The molecule has 2 N–H and O–H groups in total. The molecule has 1 aromatic rings. The molecule has 2 heterocycles. The van der Waals surface area contributed by atoms with Crippen molar-refractivity contribution in [1.82, 2.24) is 4.98 Å². The van der Waals surface area contributed by atoms with Crippen molar-refractivity contribution in [1.29, 1.82) is 0 Å². The second-order valence-corrected chi connectivity index (χ2v) is 3.56. The summed E-state index contributed by atoms with van der Waals surface area (Å²) in [4.78, 5) is 16.3. The molecule has 80 valence electrons. The van der Waals surface area contributed by atoms with Gasteiger partial charge in [0.05, 0.1) is 17.1 Å². The normalized spacial score (nSPS) is 15.6. The van der Waals surface area contributed by atoms with Crippen LogP contribution in [0.25, 0.3) is 0 Å². The third-order valence-corrected chi connectivity index (χ3v) is 2.46. The monoisotopic (exact) mass is 208 g/mol. The van der Waals surface area contributed by atoms with Gasteiger partial charge in [0, 0.05) is 13.1 Å². The van der Waals surface area contributed by atoms with Gasteiger partial charge in [-0.1, -0.05) is 0 Å². The molecule has 0 bridgehead atoms. The molecule has 1 saturated heterocycles. The molecule has 1 aliphatic rings. The summed E-state index contributed by atoms with van der Waals surface area (Å²) in [5.74, 6) is 0.810. The highest BCUT2D eigenvalue weighted by Gasteiger charge is 2.17. The second kappa shape index (κ2) is 3.72. The van der Waals surface area contributed by atoms with Gasteiger partial charge in [0.1, 0.15) is 11.6 Å². The Bertz CT molecular complexity index is 388. The SMILES string of the molecule is Nc1cc([N+](=O)[O-])cc(N2CCCC2)n1. The van der Waals surface area contributed by atoms with Gasteiger partial charge in [-0.25, -0.2) is 4.98 Å². The van der Waals surface area contributed by atoms with E-state index in [2.05, 4.69) is 4.98 Å². The Kier molecular flexibility index (Phi) is 2.40. The molecule has 0 saturated carbocycles. The standard InChI is InChI=1S/C9H12N4O2/c10-8-5-7(13(14)15)6-9(11-8)12-3-1-2-4-12/h5-6H,1-4H2,(H2,10,11). The van der Waals surface area contributed by atoms with E-state index in [1.54, 1.807) is 0 Å². The molecular weight excluding hydrogens is 196 g/mol. The van der Waals surface area contributed by atoms with Crippen LogP contribution in [0.1, 0.15) is 12.8 Å². The molecule has 15 heavy (non-hydrogen) atoms. The quantitative estimate of drug-likeness (QED) is 0.582. The van der Waals surface area contributed by atoms with Gasteiger partial charge >= 0.3 is 0 Å². The molecule has 6 heteroatoms. The van der Waals surface area contributed by atoms with Crippen LogP contribution in [0, 0.1) is 10.1 Å². The first-order valence-corrected chi connectivity index (χ1v) is 4.84. The summed E-state index contributed by atoms with van der Waals surface area (Å²) < 4.78 is 0. The molecule has 2 rings (SSSR count). The van der Waals surface area contributed by atoms with Crippen molar-refractivity contribution in [3.05, 3.63) is 22.2 Å². The van der Waals surface area contributed by atoms with Crippen LogP contribution in [0.2, 0.25) is 0 Å². The van der Waals surface area contributed by atoms with Gasteiger partial charge in [-0.3, -0.25) is 10.1 Å². The Morgan fingerprint density at radius 3 is 2.67 bits per heavy atom. The Morgan fingerprint density at radius 2 is 2.07 bits per heavy atom. The smallest absolute Gasteiger partial charge is 0.276 e. The molecule has 0 amide bonds. The van der Waals surface area contributed by atoms with Crippen molar-refractivity contribution in [3.63, 3.8) is 0 Å². The lowest BCUT2D eigenvalue weighted by Crippen LogP contribution is -2.19. The zero-order valence-corrected chi connectivity index (χ0v) is 8.22. The molecule has 1 fully saturated rings. The number of pyridine rings is 1. The average molecular weight is 208 g/mol. The summed E-state index contributed by atoms with van der Waals surface area (Å²) in [5.41, 5.74) is 5.53. The maximum absolute atomic E-state index is 10.6. The number of anilines is 2. The van der Waals surface area contributed by atoms with Gasteiger partial charge in [-0.05, 0) is 12.8 Å². The maximum atomic E-state index is 10.6. The number of nitrogens with two attached hydrogens (primary N) is 1. The minimum atomic E-state index is -0.447. The summed E-state index contributed by atoms with van der Waals surface area (Å²) in [5, 5.41) is 10.6. The highest BCUT2D eigenvalue weighted by Crippen LogP contribution is 2.24. The van der Waals surface area contributed by atoms with Gasteiger partial charge in [-0.15, -0.1) is 0 Å². The largest absolute Gasteiger partial charge is 0.383 e. The summed E-state index contributed by atoms with van der Waals surface area (Å²) in [6.07, 6.45) is 2.20. The van der Waals surface area contributed by atoms with Crippen LogP contribution in [0.15, 0.2) is 12.1 Å². The van der Waals surface area contributed by atoms with E-state index in [0.29, 0.717) is 5.82 Å². The molecule has 1 aromatic heterocycles. The maximum Gasteiger partial charge on any atom is 0.276 e. The average Bonchev–Trinajstić information content (AvgIpc) is 2.69. The molecule has 0 spiro atoms. The molecule has 0 aromatic carbocycles. The van der Waals surface area contributed by atoms with E-state index in [9.17, 15) is 10.1 Å². The number of nitrogen functional groups attached to an aromatic ring is 1. The fraction of sp³-hybridized carbons (Fsp3) is 0.444. The van der Waals surface area contributed by atoms with Gasteiger partial charge in [0.2, 0.25) is 0 Å².